The summed E-state index contributed by atoms with van der Waals surface area (Å²) in [6.07, 6.45) is -2.43. The van der Waals surface area contributed by atoms with Crippen molar-refractivity contribution < 1.29 is 18.3 Å². The molecule has 0 radical (unpaired) electrons. The maximum absolute atomic E-state index is 13.2. The first-order valence-corrected chi connectivity index (χ1v) is 9.64. The zero-order chi connectivity index (χ0) is 22.0. The molecule has 4 rings (SSSR count). The van der Waals surface area contributed by atoms with Gasteiger partial charge in [-0.05, 0) is 41.3 Å². The lowest BCUT2D eigenvalue weighted by atomic mass is 10.0. The highest BCUT2D eigenvalue weighted by Crippen LogP contribution is 2.32. The molecule has 0 saturated heterocycles. The molecule has 0 bridgehead atoms. The number of ether oxygens (including phenoxy) is 1. The molecule has 0 aromatic heterocycles. The van der Waals surface area contributed by atoms with Gasteiger partial charge in [0, 0.05) is 16.8 Å². The number of amides is 1. The maximum Gasteiger partial charge on any atom is 0.312 e. The molecule has 0 spiro atoms. The van der Waals surface area contributed by atoms with Gasteiger partial charge in [0.05, 0.1) is 6.54 Å². The van der Waals surface area contributed by atoms with E-state index in [0.29, 0.717) is 18.5 Å². The zero-order valence-electron chi connectivity index (χ0n) is 16.4. The summed E-state index contributed by atoms with van der Waals surface area (Å²) >= 11 is 0. The molecule has 1 amide bonds. The summed E-state index contributed by atoms with van der Waals surface area (Å²) in [4.78, 5) is 14.8. The molecule has 0 unspecified atom stereocenters. The average Bonchev–Trinajstić information content (AvgIpc) is 3.10. The monoisotopic (exact) mass is 419 g/mol. The van der Waals surface area contributed by atoms with E-state index < -0.39 is 18.2 Å². The Kier molecular flexibility index (Phi) is 5.58. The van der Waals surface area contributed by atoms with E-state index in [1.165, 1.54) is 12.1 Å². The predicted octanol–water partition coefficient (Wildman–Crippen LogP) is 5.02. The van der Waals surface area contributed by atoms with Crippen molar-refractivity contribution in [1.82, 2.24) is 0 Å². The minimum absolute atomic E-state index is 0.164. The fraction of sp³-hybridized carbons (Fsp3) is 0.125. The first kappa shape index (κ1) is 20.4. The van der Waals surface area contributed by atoms with Crippen LogP contribution in [0.25, 0.3) is 0 Å². The van der Waals surface area contributed by atoms with Crippen molar-refractivity contribution >= 4 is 23.4 Å². The van der Waals surface area contributed by atoms with Crippen molar-refractivity contribution in [3.05, 3.63) is 101 Å². The van der Waals surface area contributed by atoms with Crippen molar-refractivity contribution in [3.8, 4) is 0 Å². The minimum atomic E-state index is -3.10. The lowest BCUT2D eigenvalue weighted by Gasteiger charge is -2.20. The van der Waals surface area contributed by atoms with Crippen LogP contribution in [0, 0.1) is 10.8 Å². The van der Waals surface area contributed by atoms with Gasteiger partial charge in [0.1, 0.15) is 0 Å². The van der Waals surface area contributed by atoms with Crippen LogP contribution in [0.3, 0.4) is 0 Å². The Morgan fingerprint density at radius 2 is 1.71 bits per heavy atom. The van der Waals surface area contributed by atoms with Crippen molar-refractivity contribution in [2.45, 2.75) is 19.4 Å². The van der Waals surface area contributed by atoms with Crippen LogP contribution < -0.4 is 4.90 Å². The summed E-state index contributed by atoms with van der Waals surface area (Å²) < 4.78 is 29.6. The SMILES string of the molecule is N=C(OC(=N)C(F)F)c1ccc2c(c1)C(=O)N(c1ccccc1Cc1ccccc1)C2. The Balaban J connectivity index is 1.59. The molecule has 156 valence electrons. The van der Waals surface area contributed by atoms with Gasteiger partial charge in [-0.25, -0.2) is 0 Å². The van der Waals surface area contributed by atoms with Gasteiger partial charge in [0.15, 0.2) is 0 Å². The molecule has 1 aliphatic rings. The second-order valence-electron chi connectivity index (χ2n) is 7.15. The van der Waals surface area contributed by atoms with E-state index in [1.54, 1.807) is 11.0 Å². The number of hydrogen-bond donors (Lipinski definition) is 2. The molecule has 7 heteroatoms. The smallest absolute Gasteiger partial charge is 0.312 e. The Morgan fingerprint density at radius 3 is 2.45 bits per heavy atom. The van der Waals surface area contributed by atoms with Crippen LogP contribution in [-0.2, 0) is 17.7 Å². The Bertz CT molecular complexity index is 1160. The first-order valence-electron chi connectivity index (χ1n) is 9.64. The van der Waals surface area contributed by atoms with Gasteiger partial charge >= 0.3 is 6.43 Å². The number of halogens is 2. The van der Waals surface area contributed by atoms with Crippen LogP contribution in [-0.4, -0.2) is 24.1 Å². The van der Waals surface area contributed by atoms with Crippen LogP contribution in [0.2, 0.25) is 0 Å². The quantitative estimate of drug-likeness (QED) is 0.450. The van der Waals surface area contributed by atoms with Crippen LogP contribution >= 0.6 is 0 Å². The third-order valence-corrected chi connectivity index (χ3v) is 5.11. The van der Waals surface area contributed by atoms with Gasteiger partial charge < -0.3 is 9.64 Å². The van der Waals surface area contributed by atoms with Crippen molar-refractivity contribution in [1.29, 1.82) is 10.8 Å². The Hall–Kier alpha value is -3.87. The number of nitrogens with one attached hydrogen (secondary N) is 2. The molecule has 31 heavy (non-hydrogen) atoms. The molecule has 1 heterocycles. The molecule has 1 aliphatic heterocycles. The van der Waals surface area contributed by atoms with Crippen LogP contribution in [0.5, 0.6) is 0 Å². The lowest BCUT2D eigenvalue weighted by molar-refractivity contribution is 0.0996. The zero-order valence-corrected chi connectivity index (χ0v) is 16.4. The molecule has 3 aromatic carbocycles. The van der Waals surface area contributed by atoms with Gasteiger partial charge in [-0.3, -0.25) is 15.6 Å². The number of anilines is 1. The normalized spacial score (nSPS) is 12.7. The number of fused-ring (bicyclic) bond motifs is 1. The minimum Gasteiger partial charge on any atom is -0.419 e. The number of nitrogens with zero attached hydrogens (tertiary/aromatic N) is 1. The van der Waals surface area contributed by atoms with Crippen molar-refractivity contribution in [2.75, 3.05) is 4.90 Å². The van der Waals surface area contributed by atoms with Gasteiger partial charge in [0.2, 0.25) is 5.90 Å². The molecule has 0 atom stereocenters. The Morgan fingerprint density at radius 1 is 1.00 bits per heavy atom. The molecule has 5 nitrogen and oxygen atoms in total. The summed E-state index contributed by atoms with van der Waals surface area (Å²) in [6, 6.07) is 22.4. The van der Waals surface area contributed by atoms with E-state index >= 15 is 0 Å². The number of rotatable bonds is 5. The van der Waals surface area contributed by atoms with E-state index in [1.807, 2.05) is 54.6 Å². The van der Waals surface area contributed by atoms with Gasteiger partial charge in [0.25, 0.3) is 11.8 Å². The fourth-order valence-electron chi connectivity index (χ4n) is 3.59. The highest BCUT2D eigenvalue weighted by Gasteiger charge is 2.30. The number of carbonyl (C=O) groups excluding carboxylic acids is 1. The van der Waals surface area contributed by atoms with Gasteiger partial charge in [-0.15, -0.1) is 0 Å². The standard InChI is InChI=1S/C24H19F2N3O2/c25-21(26)23(28)31-22(27)17-10-11-18-14-29(24(30)19(18)13-17)20-9-5-4-8-16(20)12-15-6-2-1-3-7-15/h1-11,13,21,27-28H,12,14H2. The summed E-state index contributed by atoms with van der Waals surface area (Å²) in [7, 11) is 0. The predicted molar refractivity (Wildman–Crippen MR) is 114 cm³/mol. The maximum atomic E-state index is 13.2. The summed E-state index contributed by atoms with van der Waals surface area (Å²) in [5.74, 6) is -2.12. The molecular formula is C24H19F2N3O2. The van der Waals surface area contributed by atoms with Gasteiger partial charge in [-0.2, -0.15) is 8.78 Å². The fourth-order valence-corrected chi connectivity index (χ4v) is 3.59. The van der Waals surface area contributed by atoms with Crippen molar-refractivity contribution in [2.24, 2.45) is 0 Å². The molecule has 0 aliphatic carbocycles. The van der Waals surface area contributed by atoms with Gasteiger partial charge in [-0.1, -0.05) is 54.6 Å². The average molecular weight is 419 g/mol. The molecule has 0 fully saturated rings. The van der Waals surface area contributed by atoms with Crippen molar-refractivity contribution in [3.63, 3.8) is 0 Å². The second kappa shape index (κ2) is 8.47. The molecular weight excluding hydrogens is 400 g/mol. The summed E-state index contributed by atoms with van der Waals surface area (Å²) in [5.41, 5.74) is 4.28. The number of carbonyl (C=O) groups is 1. The summed E-state index contributed by atoms with van der Waals surface area (Å²) in [5, 5.41) is 14.9. The molecule has 0 saturated carbocycles. The third-order valence-electron chi connectivity index (χ3n) is 5.11. The van der Waals surface area contributed by atoms with E-state index in [4.69, 9.17) is 10.8 Å². The largest absolute Gasteiger partial charge is 0.419 e. The molecule has 3 aromatic rings. The topological polar surface area (TPSA) is 77.2 Å². The number of alkyl halides is 2. The highest BCUT2D eigenvalue weighted by molar-refractivity contribution is 6.12. The number of hydrogen-bond acceptors (Lipinski definition) is 4. The first-order chi connectivity index (χ1) is 14.9. The third kappa shape index (κ3) is 4.21. The summed E-state index contributed by atoms with van der Waals surface area (Å²) in [6.45, 7) is 0.376. The number of benzene rings is 3. The number of para-hydroxylation sites is 1. The van der Waals surface area contributed by atoms with E-state index in [0.717, 1.165) is 22.4 Å². The highest BCUT2D eigenvalue weighted by atomic mass is 19.3. The van der Waals surface area contributed by atoms with Crippen LogP contribution in [0.4, 0.5) is 14.5 Å². The lowest BCUT2D eigenvalue weighted by Crippen LogP contribution is -2.24. The van der Waals surface area contributed by atoms with Crippen LogP contribution in [0.1, 0.15) is 32.6 Å². The van der Waals surface area contributed by atoms with E-state index in [2.05, 4.69) is 4.74 Å². The van der Waals surface area contributed by atoms with E-state index in [9.17, 15) is 13.6 Å². The van der Waals surface area contributed by atoms with E-state index in [-0.39, 0.29) is 11.5 Å². The Labute approximate surface area is 177 Å². The second-order valence-corrected chi connectivity index (χ2v) is 7.15. The van der Waals surface area contributed by atoms with Crippen LogP contribution in [0.15, 0.2) is 72.8 Å². The molecule has 2 N–H and O–H groups in total.